The number of carbonyl (C=O) groups excluding carboxylic acids is 1. The van der Waals surface area contributed by atoms with E-state index in [2.05, 4.69) is 21.0 Å². The smallest absolute Gasteiger partial charge is 0.303 e. The normalized spacial score (nSPS) is 16.0. The van der Waals surface area contributed by atoms with Crippen molar-refractivity contribution < 1.29 is 14.7 Å². The summed E-state index contributed by atoms with van der Waals surface area (Å²) in [5, 5.41) is 14.9. The van der Waals surface area contributed by atoms with Crippen LogP contribution >= 0.6 is 15.9 Å². The number of halogens is 1. The van der Waals surface area contributed by atoms with Crippen LogP contribution in [0, 0.1) is 0 Å². The molecule has 1 N–H and O–H groups in total. The van der Waals surface area contributed by atoms with E-state index in [1.165, 1.54) is 5.01 Å². The molecule has 7 heteroatoms. The van der Waals surface area contributed by atoms with Crippen molar-refractivity contribution in [1.29, 1.82) is 0 Å². The molecule has 0 fully saturated rings. The van der Waals surface area contributed by atoms with E-state index < -0.39 is 5.97 Å². The van der Waals surface area contributed by atoms with Crippen molar-refractivity contribution in [2.24, 2.45) is 5.10 Å². The number of carboxylic acids is 1. The Morgan fingerprint density at radius 1 is 1.18 bits per heavy atom. The minimum absolute atomic E-state index is 0.0732. The maximum Gasteiger partial charge on any atom is 0.303 e. The Labute approximate surface area is 172 Å². The predicted octanol–water partition coefficient (Wildman–Crippen LogP) is 4.06. The molecule has 0 bridgehead atoms. The first-order valence-corrected chi connectivity index (χ1v) is 9.79. The van der Waals surface area contributed by atoms with Gasteiger partial charge in [0.05, 0.1) is 18.2 Å². The van der Waals surface area contributed by atoms with Gasteiger partial charge in [0, 0.05) is 37.1 Å². The molecule has 2 aromatic carbocycles. The van der Waals surface area contributed by atoms with Crippen LogP contribution in [0.15, 0.2) is 58.1 Å². The van der Waals surface area contributed by atoms with Crippen molar-refractivity contribution in [3.8, 4) is 0 Å². The number of hydrogen-bond acceptors (Lipinski definition) is 4. The van der Waals surface area contributed by atoms with E-state index in [1.807, 2.05) is 67.5 Å². The van der Waals surface area contributed by atoms with Crippen LogP contribution in [0.3, 0.4) is 0 Å². The van der Waals surface area contributed by atoms with E-state index in [1.54, 1.807) is 0 Å². The van der Waals surface area contributed by atoms with Crippen LogP contribution in [-0.2, 0) is 9.59 Å². The van der Waals surface area contributed by atoms with Gasteiger partial charge in [-0.1, -0.05) is 40.2 Å². The number of nitrogens with zero attached hydrogens (tertiary/aromatic N) is 3. The lowest BCUT2D eigenvalue weighted by Crippen LogP contribution is -2.27. The summed E-state index contributed by atoms with van der Waals surface area (Å²) in [4.78, 5) is 25.6. The van der Waals surface area contributed by atoms with Crippen LogP contribution in [0.4, 0.5) is 5.69 Å². The number of aliphatic carboxylic acids is 1. The lowest BCUT2D eigenvalue weighted by Gasteiger charge is -2.22. The Balaban J connectivity index is 1.90. The van der Waals surface area contributed by atoms with Crippen molar-refractivity contribution in [3.05, 3.63) is 64.1 Å². The summed E-state index contributed by atoms with van der Waals surface area (Å²) in [5.74, 6) is -1.28. The van der Waals surface area contributed by atoms with Gasteiger partial charge in [0.25, 0.3) is 0 Å². The summed E-state index contributed by atoms with van der Waals surface area (Å²) < 4.78 is 0.923. The summed E-state index contributed by atoms with van der Waals surface area (Å²) in [6, 6.07) is 15.6. The number of amides is 1. The number of anilines is 1. The zero-order valence-corrected chi connectivity index (χ0v) is 17.4. The van der Waals surface area contributed by atoms with Crippen LogP contribution in [0.5, 0.6) is 0 Å². The third-order valence-corrected chi connectivity index (χ3v) is 5.16. The van der Waals surface area contributed by atoms with Gasteiger partial charge >= 0.3 is 5.97 Å². The van der Waals surface area contributed by atoms with Gasteiger partial charge in [-0.3, -0.25) is 9.59 Å². The molecular weight excluding hydrogens is 422 g/mol. The quantitative estimate of drug-likeness (QED) is 0.730. The van der Waals surface area contributed by atoms with E-state index in [-0.39, 0.29) is 24.8 Å². The van der Waals surface area contributed by atoms with Crippen molar-refractivity contribution in [2.45, 2.75) is 25.3 Å². The van der Waals surface area contributed by atoms with Crippen molar-refractivity contribution in [3.63, 3.8) is 0 Å². The van der Waals surface area contributed by atoms with Crippen LogP contribution in [0.25, 0.3) is 0 Å². The predicted molar refractivity (Wildman–Crippen MR) is 113 cm³/mol. The zero-order chi connectivity index (χ0) is 20.3. The van der Waals surface area contributed by atoms with Crippen LogP contribution in [-0.4, -0.2) is 41.8 Å². The Bertz CT molecular complexity index is 909. The molecule has 1 aliphatic rings. The summed E-state index contributed by atoms with van der Waals surface area (Å²) in [5.41, 5.74) is 3.82. The Hall–Kier alpha value is -2.67. The molecule has 0 radical (unpaired) electrons. The lowest BCUT2D eigenvalue weighted by atomic mass is 9.98. The molecule has 0 spiro atoms. The summed E-state index contributed by atoms with van der Waals surface area (Å²) in [6.07, 6.45) is 0.301. The molecule has 0 aliphatic carbocycles. The highest BCUT2D eigenvalue weighted by Gasteiger charge is 2.33. The zero-order valence-electron chi connectivity index (χ0n) is 15.8. The monoisotopic (exact) mass is 443 g/mol. The molecule has 2 aromatic rings. The van der Waals surface area contributed by atoms with Gasteiger partial charge < -0.3 is 10.0 Å². The minimum atomic E-state index is -0.991. The van der Waals surface area contributed by atoms with Crippen LogP contribution < -0.4 is 4.90 Å². The Morgan fingerprint density at radius 2 is 1.89 bits per heavy atom. The van der Waals surface area contributed by atoms with E-state index in [0.29, 0.717) is 6.42 Å². The number of carbonyl (C=O) groups is 2. The van der Waals surface area contributed by atoms with Gasteiger partial charge in [0.1, 0.15) is 0 Å². The number of hydrogen-bond donors (Lipinski definition) is 1. The molecule has 0 saturated carbocycles. The van der Waals surface area contributed by atoms with Crippen LogP contribution in [0.2, 0.25) is 0 Å². The first kappa shape index (κ1) is 20.1. The molecule has 6 nitrogen and oxygen atoms in total. The average Bonchev–Trinajstić information content (AvgIpc) is 3.11. The maximum absolute atomic E-state index is 12.7. The third-order valence-electron chi connectivity index (χ3n) is 4.67. The van der Waals surface area contributed by atoms with Gasteiger partial charge in [-0.05, 0) is 35.4 Å². The lowest BCUT2D eigenvalue weighted by molar-refractivity contribution is -0.141. The topological polar surface area (TPSA) is 73.2 Å². The molecule has 3 rings (SSSR count). The highest BCUT2D eigenvalue weighted by molar-refractivity contribution is 9.10. The molecule has 1 atom stereocenters. The fourth-order valence-electron chi connectivity index (χ4n) is 3.17. The van der Waals surface area contributed by atoms with Crippen LogP contribution in [0.1, 0.15) is 36.4 Å². The average molecular weight is 444 g/mol. The summed E-state index contributed by atoms with van der Waals surface area (Å²) >= 11 is 3.47. The standard InChI is InChI=1S/C21H22BrN3O3/c1-24(2)17-8-6-14(7-9-17)18-13-19(15-4-3-5-16(22)12-15)25(23-18)20(26)10-11-21(27)28/h3-9,12,19H,10-11,13H2,1-2H3,(H,27,28). The second-order valence-electron chi connectivity index (χ2n) is 6.89. The largest absolute Gasteiger partial charge is 0.481 e. The number of hydrazone groups is 1. The molecule has 1 aliphatic heterocycles. The van der Waals surface area contributed by atoms with Crippen molar-refractivity contribution in [1.82, 2.24) is 5.01 Å². The third kappa shape index (κ3) is 4.59. The molecular formula is C21H22BrN3O3. The molecule has 146 valence electrons. The SMILES string of the molecule is CN(C)c1ccc(C2=NN(C(=O)CCC(=O)O)C(c3cccc(Br)c3)C2)cc1. The fourth-order valence-corrected chi connectivity index (χ4v) is 3.59. The number of rotatable bonds is 6. The molecule has 1 unspecified atom stereocenters. The second kappa shape index (κ2) is 8.56. The fraction of sp³-hybridized carbons (Fsp3) is 0.286. The number of benzene rings is 2. The highest BCUT2D eigenvalue weighted by atomic mass is 79.9. The van der Waals surface area contributed by atoms with Gasteiger partial charge in [-0.2, -0.15) is 5.10 Å². The van der Waals surface area contributed by atoms with E-state index >= 15 is 0 Å². The minimum Gasteiger partial charge on any atom is -0.481 e. The van der Waals surface area contributed by atoms with E-state index in [4.69, 9.17) is 5.11 Å². The Morgan fingerprint density at radius 3 is 2.50 bits per heavy atom. The first-order chi connectivity index (χ1) is 13.3. The molecule has 1 amide bonds. The van der Waals surface area contributed by atoms with Crippen molar-refractivity contribution >= 4 is 39.2 Å². The van der Waals surface area contributed by atoms with Gasteiger partial charge in [-0.15, -0.1) is 0 Å². The molecule has 0 aromatic heterocycles. The highest BCUT2D eigenvalue weighted by Crippen LogP contribution is 2.34. The second-order valence-corrected chi connectivity index (χ2v) is 7.81. The van der Waals surface area contributed by atoms with E-state index in [0.717, 1.165) is 27.0 Å². The van der Waals surface area contributed by atoms with E-state index in [9.17, 15) is 9.59 Å². The maximum atomic E-state index is 12.7. The summed E-state index contributed by atoms with van der Waals surface area (Å²) in [7, 11) is 3.96. The summed E-state index contributed by atoms with van der Waals surface area (Å²) in [6.45, 7) is 0. The number of carboxylic acid groups (broad SMARTS) is 1. The molecule has 0 saturated heterocycles. The van der Waals surface area contributed by atoms with Crippen molar-refractivity contribution in [2.75, 3.05) is 19.0 Å². The first-order valence-electron chi connectivity index (χ1n) is 8.99. The molecule has 1 heterocycles. The molecule has 28 heavy (non-hydrogen) atoms. The van der Waals surface area contributed by atoms with Gasteiger partial charge in [0.15, 0.2) is 0 Å². The van der Waals surface area contributed by atoms with Gasteiger partial charge in [-0.25, -0.2) is 5.01 Å². The van der Waals surface area contributed by atoms with Gasteiger partial charge in [0.2, 0.25) is 5.91 Å². The Kier molecular flexibility index (Phi) is 6.14.